The van der Waals surface area contributed by atoms with Crippen LogP contribution in [-0.2, 0) is 4.79 Å². The number of allylic oxidation sites excluding steroid dienone is 1. The summed E-state index contributed by atoms with van der Waals surface area (Å²) < 4.78 is 13.0. The predicted octanol–water partition coefficient (Wildman–Crippen LogP) is 5.49. The van der Waals surface area contributed by atoms with Gasteiger partial charge in [0.15, 0.2) is 4.80 Å². The number of aryl methyl sites for hydroxylation is 1. The molecule has 5 rings (SSSR count). The molecule has 0 unspecified atom stereocenters. The number of carbonyl (C=O) groups excluding carboxylic acids is 1. The van der Waals surface area contributed by atoms with Crippen LogP contribution in [0, 0.1) is 17.0 Å². The van der Waals surface area contributed by atoms with Crippen molar-refractivity contribution in [2.24, 2.45) is 4.99 Å². The minimum absolute atomic E-state index is 0.0611. The number of methoxy groups -OCH3 is 2. The van der Waals surface area contributed by atoms with Crippen LogP contribution in [0.1, 0.15) is 43.5 Å². The summed E-state index contributed by atoms with van der Waals surface area (Å²) in [6.45, 7) is 8.51. The van der Waals surface area contributed by atoms with E-state index in [4.69, 9.17) is 14.5 Å². The molecule has 0 fully saturated rings. The number of fused-ring (bicyclic) bond motifs is 1. The van der Waals surface area contributed by atoms with Crippen molar-refractivity contribution in [2.75, 3.05) is 27.3 Å². The number of thiazole rings is 1. The van der Waals surface area contributed by atoms with Crippen LogP contribution < -0.4 is 24.4 Å². The molecule has 3 aromatic carbocycles. The van der Waals surface area contributed by atoms with Gasteiger partial charge in [-0.2, -0.15) is 0 Å². The second-order valence-electron chi connectivity index (χ2n) is 10.6. The quantitative estimate of drug-likeness (QED) is 0.164. The molecule has 1 aliphatic heterocycles. The summed E-state index contributed by atoms with van der Waals surface area (Å²) >= 11 is 2.47. The van der Waals surface area contributed by atoms with Gasteiger partial charge in [-0.15, -0.1) is 0 Å². The lowest BCUT2D eigenvalue weighted by molar-refractivity contribution is -0.387. The number of hydrogen-bond acceptors (Lipinski definition) is 9. The molecule has 0 radical (unpaired) electrons. The summed E-state index contributed by atoms with van der Waals surface area (Å²) in [5, 5.41) is 12.1. The topological polar surface area (TPSA) is 116 Å². The fraction of sp³-hybridized carbons (Fsp3) is 0.265. The van der Waals surface area contributed by atoms with Crippen molar-refractivity contribution in [2.45, 2.75) is 43.5 Å². The number of nitro groups is 1. The molecular weight excluding hydrogens is 625 g/mol. The normalized spacial score (nSPS) is 14.5. The Bertz CT molecular complexity index is 2030. The highest BCUT2D eigenvalue weighted by Gasteiger charge is 2.36. The van der Waals surface area contributed by atoms with Gasteiger partial charge in [-0.05, 0) is 75.7 Å². The Morgan fingerprint density at radius 2 is 1.78 bits per heavy atom. The van der Waals surface area contributed by atoms with E-state index in [-0.39, 0.29) is 17.2 Å². The van der Waals surface area contributed by atoms with Gasteiger partial charge in [-0.1, -0.05) is 46.9 Å². The van der Waals surface area contributed by atoms with Crippen molar-refractivity contribution < 1.29 is 19.2 Å². The predicted molar refractivity (Wildman–Crippen MR) is 180 cm³/mol. The van der Waals surface area contributed by atoms with Crippen molar-refractivity contribution in [3.63, 3.8) is 0 Å². The molecule has 0 aliphatic carbocycles. The lowest BCUT2D eigenvalue weighted by atomic mass is 9.93. The smallest absolute Gasteiger partial charge is 0.283 e. The average molecular weight is 659 g/mol. The van der Waals surface area contributed by atoms with Gasteiger partial charge in [-0.25, -0.2) is 4.99 Å². The molecule has 0 spiro atoms. The molecule has 0 N–H and O–H groups in total. The number of aromatic nitrogens is 1. The molecule has 0 saturated carbocycles. The Labute approximate surface area is 274 Å². The van der Waals surface area contributed by atoms with Crippen LogP contribution in [0.5, 0.6) is 11.5 Å². The van der Waals surface area contributed by atoms with Crippen LogP contribution in [0.25, 0.3) is 6.08 Å². The summed E-state index contributed by atoms with van der Waals surface area (Å²) in [6.07, 6.45) is 1.63. The van der Waals surface area contributed by atoms with Gasteiger partial charge >= 0.3 is 0 Å². The highest BCUT2D eigenvalue weighted by Crippen LogP contribution is 2.38. The number of amides is 1. The van der Waals surface area contributed by atoms with E-state index in [2.05, 4.69) is 0 Å². The fourth-order valence-electron chi connectivity index (χ4n) is 5.36. The van der Waals surface area contributed by atoms with Gasteiger partial charge < -0.3 is 14.4 Å². The Kier molecular flexibility index (Phi) is 9.78. The van der Waals surface area contributed by atoms with Crippen LogP contribution in [0.2, 0.25) is 0 Å². The first kappa shape index (κ1) is 32.7. The van der Waals surface area contributed by atoms with Gasteiger partial charge in [0, 0.05) is 29.6 Å². The van der Waals surface area contributed by atoms with E-state index in [0.717, 1.165) is 21.8 Å². The second-order valence-corrected chi connectivity index (χ2v) is 12.7. The molecule has 1 aliphatic rings. The van der Waals surface area contributed by atoms with Crippen molar-refractivity contribution in [3.05, 3.63) is 118 Å². The first-order valence-electron chi connectivity index (χ1n) is 14.7. The third-order valence-corrected chi connectivity index (χ3v) is 9.82. The fourth-order valence-corrected chi connectivity index (χ4v) is 7.31. The van der Waals surface area contributed by atoms with E-state index in [0.29, 0.717) is 61.2 Å². The molecule has 0 saturated heterocycles. The minimum atomic E-state index is -0.848. The zero-order valence-electron chi connectivity index (χ0n) is 26.4. The van der Waals surface area contributed by atoms with Crippen molar-refractivity contribution in [3.8, 4) is 11.5 Å². The molecule has 10 nitrogen and oxygen atoms in total. The number of carbonyl (C=O) groups is 1. The zero-order valence-corrected chi connectivity index (χ0v) is 28.0. The molecule has 4 aromatic rings. The minimum Gasteiger partial charge on any atom is -0.497 e. The maximum absolute atomic E-state index is 14.2. The van der Waals surface area contributed by atoms with Crippen molar-refractivity contribution >= 4 is 40.8 Å². The lowest BCUT2D eigenvalue weighted by Gasteiger charge is -2.30. The van der Waals surface area contributed by atoms with Gasteiger partial charge in [0.25, 0.3) is 17.2 Å². The van der Waals surface area contributed by atoms with Crippen molar-refractivity contribution in [1.29, 1.82) is 0 Å². The van der Waals surface area contributed by atoms with Crippen molar-refractivity contribution in [1.82, 2.24) is 9.47 Å². The van der Waals surface area contributed by atoms with Crippen LogP contribution in [0.15, 0.2) is 91.5 Å². The highest BCUT2D eigenvalue weighted by molar-refractivity contribution is 7.99. The molecule has 2 heterocycles. The maximum atomic E-state index is 14.2. The number of hydrogen-bond donors (Lipinski definition) is 0. The number of ether oxygens (including phenoxy) is 2. The van der Waals surface area contributed by atoms with E-state index in [1.807, 2.05) is 45.0 Å². The monoisotopic (exact) mass is 658 g/mol. The van der Waals surface area contributed by atoms with E-state index in [1.54, 1.807) is 55.3 Å². The number of nitrogens with zero attached hydrogens (tertiary/aromatic N) is 4. The summed E-state index contributed by atoms with van der Waals surface area (Å²) in [5.74, 6) is 0.794. The Morgan fingerprint density at radius 3 is 2.41 bits per heavy atom. The largest absolute Gasteiger partial charge is 0.497 e. The van der Waals surface area contributed by atoms with E-state index < -0.39 is 11.0 Å². The summed E-state index contributed by atoms with van der Waals surface area (Å²) in [6, 6.07) is 17.1. The van der Waals surface area contributed by atoms with Crippen LogP contribution in [0.3, 0.4) is 0 Å². The summed E-state index contributed by atoms with van der Waals surface area (Å²) in [7, 11) is 3.08. The maximum Gasteiger partial charge on any atom is 0.283 e. The Hall–Kier alpha value is -4.68. The molecule has 1 amide bonds. The number of rotatable bonds is 10. The number of likely N-dealkylation sites (N-methyl/N-ethyl adjacent to an activating group) is 1. The summed E-state index contributed by atoms with van der Waals surface area (Å²) in [4.78, 5) is 48.0. The molecule has 0 bridgehead atoms. The van der Waals surface area contributed by atoms with Crippen LogP contribution in [-0.4, -0.2) is 47.6 Å². The molecule has 46 heavy (non-hydrogen) atoms. The molecule has 1 aromatic heterocycles. The van der Waals surface area contributed by atoms with Gasteiger partial charge in [0.1, 0.15) is 17.5 Å². The third kappa shape index (κ3) is 6.35. The molecule has 12 heteroatoms. The van der Waals surface area contributed by atoms with E-state index in [9.17, 15) is 19.7 Å². The lowest BCUT2D eigenvalue weighted by Crippen LogP contribution is -2.43. The van der Waals surface area contributed by atoms with Gasteiger partial charge in [0.2, 0.25) is 0 Å². The van der Waals surface area contributed by atoms with E-state index in [1.165, 1.54) is 29.5 Å². The Morgan fingerprint density at radius 1 is 1.07 bits per heavy atom. The number of nitro benzene ring substituents is 1. The highest BCUT2D eigenvalue weighted by atomic mass is 32.2. The first-order valence-corrected chi connectivity index (χ1v) is 16.3. The third-order valence-electron chi connectivity index (χ3n) is 7.76. The van der Waals surface area contributed by atoms with E-state index >= 15 is 0 Å². The SMILES string of the molecule is CCN(CC)C(=O)C1=C(C)N=c2s/c(=C\c3ccc(Sc4ccc(C)cc4)c([N+](=O)[O-])c3)c(=O)n2[C@H]1c1cc(OC)ccc1OC. The zero-order chi connectivity index (χ0) is 33.1. The van der Waals surface area contributed by atoms with Gasteiger partial charge in [0.05, 0.1) is 39.8 Å². The summed E-state index contributed by atoms with van der Waals surface area (Å²) in [5.41, 5.74) is 2.59. The Balaban J connectivity index is 1.67. The molecule has 1 atom stereocenters. The van der Waals surface area contributed by atoms with Crippen LogP contribution in [0.4, 0.5) is 5.69 Å². The first-order chi connectivity index (χ1) is 22.1. The standard InChI is InChI=1S/C34H34N4O6S2/c1-7-36(8-2)33(40)30-21(4)35-34-37(31(30)25-19-23(43-5)12-15-27(25)44-6)32(39)29(46-34)18-22-11-16-28(26(17-22)38(41)42)45-24-13-9-20(3)10-14-24/h9-19,31H,7-8H2,1-6H3/b29-18-/t31-/m0/s1. The number of benzene rings is 3. The average Bonchev–Trinajstić information content (AvgIpc) is 3.35. The van der Waals surface area contributed by atoms with Crippen LogP contribution >= 0.6 is 23.1 Å². The molecule has 238 valence electrons. The van der Waals surface area contributed by atoms with Gasteiger partial charge in [-0.3, -0.25) is 24.3 Å². The second kappa shape index (κ2) is 13.8. The molecular formula is C34H34N4O6S2.